The maximum Gasteiger partial charge on any atom is 0.407 e. The van der Waals surface area contributed by atoms with Gasteiger partial charge in [-0.15, -0.1) is 0 Å². The number of hydrogen-bond acceptors (Lipinski definition) is 5. The maximum absolute atomic E-state index is 12.5. The number of ketones is 1. The van der Waals surface area contributed by atoms with Crippen molar-refractivity contribution in [2.24, 2.45) is 0 Å². The van der Waals surface area contributed by atoms with Gasteiger partial charge in [0.25, 0.3) is 0 Å². The molecule has 0 fully saturated rings. The van der Waals surface area contributed by atoms with Gasteiger partial charge in [0.15, 0.2) is 5.78 Å². The third-order valence-electron chi connectivity index (χ3n) is 3.64. The zero-order valence-corrected chi connectivity index (χ0v) is 16.1. The topological polar surface area (TPSA) is 80.3 Å². The highest BCUT2D eigenvalue weighted by molar-refractivity contribution is 6.00. The molecule has 0 aliphatic rings. The second-order valence-electron chi connectivity index (χ2n) is 7.20. The van der Waals surface area contributed by atoms with Crippen LogP contribution in [0.2, 0.25) is 0 Å². The van der Waals surface area contributed by atoms with Crippen LogP contribution in [0, 0.1) is 0 Å². The van der Waals surface area contributed by atoms with Gasteiger partial charge in [-0.1, -0.05) is 18.2 Å². The molecule has 0 unspecified atom stereocenters. The summed E-state index contributed by atoms with van der Waals surface area (Å²) in [5, 5.41) is 5.89. The Bertz CT molecular complexity index is 755. The molecule has 0 saturated carbocycles. The fraction of sp³-hybridized carbons (Fsp3) is 0.381. The van der Waals surface area contributed by atoms with E-state index in [4.69, 9.17) is 4.74 Å². The minimum atomic E-state index is -0.511. The third-order valence-corrected chi connectivity index (χ3v) is 3.64. The Morgan fingerprint density at radius 2 is 1.78 bits per heavy atom. The van der Waals surface area contributed by atoms with E-state index < -0.39 is 11.7 Å². The van der Waals surface area contributed by atoms with Gasteiger partial charge < -0.3 is 15.4 Å². The van der Waals surface area contributed by atoms with Crippen LogP contribution < -0.4 is 10.6 Å². The molecule has 0 bridgehead atoms. The van der Waals surface area contributed by atoms with Crippen LogP contribution in [0.5, 0.6) is 0 Å². The van der Waals surface area contributed by atoms with Crippen LogP contribution >= 0.6 is 0 Å². The quantitative estimate of drug-likeness (QED) is 0.521. The van der Waals surface area contributed by atoms with E-state index in [1.807, 2.05) is 51.1 Å². The van der Waals surface area contributed by atoms with Crippen LogP contribution in [0.3, 0.4) is 0 Å². The number of ether oxygens (including phenoxy) is 1. The van der Waals surface area contributed by atoms with Crippen LogP contribution in [0.1, 0.15) is 50.4 Å². The van der Waals surface area contributed by atoms with Crippen molar-refractivity contribution < 1.29 is 14.3 Å². The van der Waals surface area contributed by atoms with Crippen LogP contribution in [0.4, 0.5) is 16.3 Å². The summed E-state index contributed by atoms with van der Waals surface area (Å²) in [6.07, 6.45) is 2.99. The number of amides is 1. The molecule has 1 amide bonds. The molecular weight excluding hydrogens is 342 g/mol. The molecule has 1 aromatic carbocycles. The number of para-hydroxylation sites is 1. The lowest BCUT2D eigenvalue weighted by Gasteiger charge is -2.19. The van der Waals surface area contributed by atoms with E-state index in [9.17, 15) is 9.59 Å². The minimum Gasteiger partial charge on any atom is -0.444 e. The molecule has 1 aromatic heterocycles. The van der Waals surface area contributed by atoms with Gasteiger partial charge in [-0.05, 0) is 57.9 Å². The Balaban J connectivity index is 1.80. The molecule has 6 heteroatoms. The standard InChI is InChI=1S/C21H27N3O3/c1-21(2,3)27-20(26)23-14-8-7-13-18(25)17-12-9-15-22-19(17)24-16-10-5-4-6-11-16/h4-6,9-12,15H,7-8,13-14H2,1-3H3,(H,22,24)(H,23,26). The molecule has 0 saturated heterocycles. The molecule has 0 atom stereocenters. The summed E-state index contributed by atoms with van der Waals surface area (Å²) in [6, 6.07) is 13.2. The molecular formula is C21H27N3O3. The maximum atomic E-state index is 12.5. The molecule has 0 aliphatic carbocycles. The summed E-state index contributed by atoms with van der Waals surface area (Å²) < 4.78 is 5.17. The molecule has 0 spiro atoms. The van der Waals surface area contributed by atoms with E-state index in [0.29, 0.717) is 37.2 Å². The number of anilines is 2. The van der Waals surface area contributed by atoms with Crippen molar-refractivity contribution in [3.05, 3.63) is 54.2 Å². The fourth-order valence-corrected chi connectivity index (χ4v) is 2.44. The summed E-state index contributed by atoms with van der Waals surface area (Å²) in [4.78, 5) is 28.4. The van der Waals surface area contributed by atoms with Crippen molar-refractivity contribution in [3.8, 4) is 0 Å². The van der Waals surface area contributed by atoms with E-state index in [-0.39, 0.29) is 5.78 Å². The Hall–Kier alpha value is -2.89. The van der Waals surface area contributed by atoms with Crippen molar-refractivity contribution >= 4 is 23.4 Å². The van der Waals surface area contributed by atoms with E-state index in [2.05, 4.69) is 15.6 Å². The second kappa shape index (κ2) is 9.71. The molecule has 6 nitrogen and oxygen atoms in total. The van der Waals surface area contributed by atoms with Crippen LogP contribution in [0.25, 0.3) is 0 Å². The summed E-state index contributed by atoms with van der Waals surface area (Å²) in [6.45, 7) is 5.94. The number of hydrogen-bond donors (Lipinski definition) is 2. The highest BCUT2D eigenvalue weighted by atomic mass is 16.6. The summed E-state index contributed by atoms with van der Waals surface area (Å²) in [5.41, 5.74) is 0.941. The Kier molecular flexibility index (Phi) is 7.34. The van der Waals surface area contributed by atoms with Crippen LogP contribution in [-0.4, -0.2) is 29.0 Å². The Labute approximate surface area is 160 Å². The number of alkyl carbamates (subject to hydrolysis) is 1. The number of unbranched alkanes of at least 4 members (excludes halogenated alkanes) is 1. The lowest BCUT2D eigenvalue weighted by Crippen LogP contribution is -2.33. The first-order chi connectivity index (χ1) is 12.8. The number of nitrogens with zero attached hydrogens (tertiary/aromatic N) is 1. The van der Waals surface area contributed by atoms with Crippen molar-refractivity contribution in [2.75, 3.05) is 11.9 Å². The van der Waals surface area contributed by atoms with Crippen molar-refractivity contribution in [1.82, 2.24) is 10.3 Å². The van der Waals surface area contributed by atoms with Crippen molar-refractivity contribution in [2.45, 2.75) is 45.6 Å². The number of nitrogens with one attached hydrogen (secondary N) is 2. The highest BCUT2D eigenvalue weighted by Crippen LogP contribution is 2.20. The molecule has 144 valence electrons. The van der Waals surface area contributed by atoms with Crippen molar-refractivity contribution in [1.29, 1.82) is 0 Å². The van der Waals surface area contributed by atoms with Gasteiger partial charge >= 0.3 is 6.09 Å². The number of benzene rings is 1. The zero-order valence-electron chi connectivity index (χ0n) is 16.1. The van der Waals surface area contributed by atoms with Gasteiger partial charge in [0, 0.05) is 24.8 Å². The lowest BCUT2D eigenvalue weighted by molar-refractivity contribution is 0.0527. The molecule has 0 aliphatic heterocycles. The highest BCUT2D eigenvalue weighted by Gasteiger charge is 2.16. The number of aromatic nitrogens is 1. The first kappa shape index (κ1) is 20.4. The monoisotopic (exact) mass is 369 g/mol. The molecule has 2 rings (SSSR count). The summed E-state index contributed by atoms with van der Waals surface area (Å²) in [7, 11) is 0. The first-order valence-corrected chi connectivity index (χ1v) is 9.12. The zero-order chi connectivity index (χ0) is 19.7. The largest absolute Gasteiger partial charge is 0.444 e. The number of pyridine rings is 1. The predicted molar refractivity (Wildman–Crippen MR) is 106 cm³/mol. The molecule has 27 heavy (non-hydrogen) atoms. The molecule has 2 N–H and O–H groups in total. The summed E-state index contributed by atoms with van der Waals surface area (Å²) in [5.74, 6) is 0.583. The normalized spacial score (nSPS) is 10.9. The van der Waals surface area contributed by atoms with Gasteiger partial charge in [0.05, 0.1) is 5.56 Å². The van der Waals surface area contributed by atoms with Crippen LogP contribution in [-0.2, 0) is 4.74 Å². The van der Waals surface area contributed by atoms with E-state index in [1.165, 1.54) is 0 Å². The number of rotatable bonds is 8. The number of carbonyl (C=O) groups excluding carboxylic acids is 2. The summed E-state index contributed by atoms with van der Waals surface area (Å²) >= 11 is 0. The average molecular weight is 369 g/mol. The Morgan fingerprint density at radius 3 is 2.48 bits per heavy atom. The second-order valence-corrected chi connectivity index (χ2v) is 7.20. The van der Waals surface area contributed by atoms with Crippen molar-refractivity contribution in [3.63, 3.8) is 0 Å². The van der Waals surface area contributed by atoms with Crippen LogP contribution in [0.15, 0.2) is 48.7 Å². The first-order valence-electron chi connectivity index (χ1n) is 9.12. The third kappa shape index (κ3) is 7.48. The number of carbonyl (C=O) groups is 2. The van der Waals surface area contributed by atoms with Gasteiger partial charge in [0.1, 0.15) is 11.4 Å². The smallest absolute Gasteiger partial charge is 0.407 e. The molecule has 1 heterocycles. The fourth-order valence-electron chi connectivity index (χ4n) is 2.44. The van der Waals surface area contributed by atoms with Gasteiger partial charge in [0.2, 0.25) is 0 Å². The minimum absolute atomic E-state index is 0.0267. The van der Waals surface area contributed by atoms with Gasteiger partial charge in [-0.3, -0.25) is 4.79 Å². The number of Topliss-reactive ketones (excluding diaryl/α,β-unsaturated/α-hetero) is 1. The lowest BCUT2D eigenvalue weighted by atomic mass is 10.1. The molecule has 0 radical (unpaired) electrons. The SMILES string of the molecule is CC(C)(C)OC(=O)NCCCCC(=O)c1cccnc1Nc1ccccc1. The van der Waals surface area contributed by atoms with E-state index in [0.717, 1.165) is 5.69 Å². The van der Waals surface area contributed by atoms with E-state index >= 15 is 0 Å². The average Bonchev–Trinajstić information content (AvgIpc) is 2.61. The Morgan fingerprint density at radius 1 is 1.04 bits per heavy atom. The molecule has 2 aromatic rings. The predicted octanol–water partition coefficient (Wildman–Crippen LogP) is 4.70. The van der Waals surface area contributed by atoms with E-state index in [1.54, 1.807) is 18.3 Å². The van der Waals surface area contributed by atoms with Gasteiger partial charge in [-0.25, -0.2) is 9.78 Å². The van der Waals surface area contributed by atoms with Gasteiger partial charge in [-0.2, -0.15) is 0 Å².